The monoisotopic (exact) mass is 363 g/mol. The maximum Gasteiger partial charge on any atom is 0.191 e. The minimum Gasteiger partial charge on any atom is -0.373 e. The summed E-state index contributed by atoms with van der Waals surface area (Å²) in [5.41, 5.74) is -0.290. The molecular weight excluding hydrogens is 336 g/mol. The molecule has 2 aliphatic heterocycles. The predicted molar refractivity (Wildman–Crippen MR) is 97.3 cm³/mol. The second kappa shape index (κ2) is 7.14. The van der Waals surface area contributed by atoms with Gasteiger partial charge in [0.1, 0.15) is 11.6 Å². The molecule has 2 bridgehead atoms. The van der Waals surface area contributed by atoms with Crippen LogP contribution in [0.4, 0.5) is 8.78 Å². The summed E-state index contributed by atoms with van der Waals surface area (Å²) < 4.78 is 34.8. The molecule has 2 N–H and O–H groups in total. The number of benzene rings is 1. The fourth-order valence-corrected chi connectivity index (χ4v) is 4.98. The highest BCUT2D eigenvalue weighted by Crippen LogP contribution is 2.43. The first-order valence-electron chi connectivity index (χ1n) is 9.68. The zero-order valence-corrected chi connectivity index (χ0v) is 15.2. The number of guanidine groups is 1. The SMILES string of the molecule is CN=C(NCC1(c2c(F)cccc2F)CCCC1)NC1CC2CCC1O2. The Kier molecular flexibility index (Phi) is 4.86. The van der Waals surface area contributed by atoms with Crippen molar-refractivity contribution in [1.29, 1.82) is 0 Å². The largest absolute Gasteiger partial charge is 0.373 e. The van der Waals surface area contributed by atoms with Crippen LogP contribution >= 0.6 is 0 Å². The van der Waals surface area contributed by atoms with Crippen molar-refractivity contribution in [2.75, 3.05) is 13.6 Å². The standard InChI is InChI=1S/C20H27F2N3O/c1-23-19(25-16-11-13-7-8-17(16)26-13)24-12-20(9-2-3-10-20)18-14(21)5-4-6-15(18)22/h4-6,13,16-17H,2-3,7-12H2,1H3,(H2,23,24,25). The van der Waals surface area contributed by atoms with Crippen LogP contribution in [0.25, 0.3) is 0 Å². The molecule has 1 saturated carbocycles. The molecule has 142 valence electrons. The summed E-state index contributed by atoms with van der Waals surface area (Å²) in [6, 6.07) is 4.42. The third-order valence-electron chi connectivity index (χ3n) is 6.30. The number of rotatable bonds is 4. The zero-order valence-electron chi connectivity index (χ0n) is 15.2. The van der Waals surface area contributed by atoms with Crippen molar-refractivity contribution < 1.29 is 13.5 Å². The Bertz CT molecular complexity index is 667. The summed E-state index contributed by atoms with van der Waals surface area (Å²) in [4.78, 5) is 4.32. The summed E-state index contributed by atoms with van der Waals surface area (Å²) in [7, 11) is 1.73. The van der Waals surface area contributed by atoms with Gasteiger partial charge in [-0.15, -0.1) is 0 Å². The molecular formula is C20H27F2N3O. The zero-order chi connectivity index (χ0) is 18.1. The van der Waals surface area contributed by atoms with Gasteiger partial charge in [-0.25, -0.2) is 8.78 Å². The molecule has 3 atom stereocenters. The van der Waals surface area contributed by atoms with Gasteiger partial charge in [-0.1, -0.05) is 18.9 Å². The molecule has 6 heteroatoms. The summed E-state index contributed by atoms with van der Waals surface area (Å²) in [5, 5.41) is 6.79. The minimum absolute atomic E-state index is 0.226. The van der Waals surface area contributed by atoms with E-state index in [4.69, 9.17) is 4.74 Å². The fourth-order valence-electron chi connectivity index (χ4n) is 4.98. The van der Waals surface area contributed by atoms with Crippen LogP contribution in [-0.4, -0.2) is 37.8 Å². The van der Waals surface area contributed by atoms with Gasteiger partial charge in [0.05, 0.1) is 18.2 Å². The third-order valence-corrected chi connectivity index (χ3v) is 6.30. The summed E-state index contributed by atoms with van der Waals surface area (Å²) in [6.07, 6.45) is 7.39. The van der Waals surface area contributed by atoms with Gasteiger partial charge in [0.2, 0.25) is 0 Å². The number of halogens is 2. The van der Waals surface area contributed by atoms with Crippen molar-refractivity contribution in [3.05, 3.63) is 35.4 Å². The van der Waals surface area contributed by atoms with Gasteiger partial charge in [-0.05, 0) is 44.2 Å². The first-order chi connectivity index (χ1) is 12.6. The molecule has 1 aromatic carbocycles. The Morgan fingerprint density at radius 3 is 2.54 bits per heavy atom. The highest BCUT2D eigenvalue weighted by molar-refractivity contribution is 5.80. The minimum atomic E-state index is -0.516. The van der Waals surface area contributed by atoms with Gasteiger partial charge >= 0.3 is 0 Å². The fraction of sp³-hybridized carbons (Fsp3) is 0.650. The molecule has 4 nitrogen and oxygen atoms in total. The Morgan fingerprint density at radius 2 is 1.96 bits per heavy atom. The van der Waals surface area contributed by atoms with Crippen molar-refractivity contribution in [3.63, 3.8) is 0 Å². The van der Waals surface area contributed by atoms with E-state index in [1.807, 2.05) is 0 Å². The van der Waals surface area contributed by atoms with Crippen molar-refractivity contribution in [3.8, 4) is 0 Å². The number of aliphatic imine (C=N–C) groups is 1. The molecule has 0 aromatic heterocycles. The molecule has 2 heterocycles. The molecule has 0 radical (unpaired) electrons. The second-order valence-electron chi connectivity index (χ2n) is 7.87. The van der Waals surface area contributed by atoms with Crippen molar-refractivity contribution in [1.82, 2.24) is 10.6 Å². The molecule has 2 saturated heterocycles. The van der Waals surface area contributed by atoms with E-state index in [-0.39, 0.29) is 17.7 Å². The molecule has 3 unspecified atom stereocenters. The van der Waals surface area contributed by atoms with Crippen molar-refractivity contribution in [2.45, 2.75) is 68.6 Å². The second-order valence-corrected chi connectivity index (χ2v) is 7.87. The Balaban J connectivity index is 1.47. The van der Waals surface area contributed by atoms with Crippen LogP contribution < -0.4 is 10.6 Å². The van der Waals surface area contributed by atoms with Crippen LogP contribution in [0.3, 0.4) is 0 Å². The van der Waals surface area contributed by atoms with E-state index in [1.54, 1.807) is 7.05 Å². The smallest absolute Gasteiger partial charge is 0.191 e. The number of hydrogen-bond donors (Lipinski definition) is 2. The maximum absolute atomic E-state index is 14.5. The highest BCUT2D eigenvalue weighted by Gasteiger charge is 2.42. The summed E-state index contributed by atoms with van der Waals surface area (Å²) >= 11 is 0. The molecule has 1 aromatic rings. The van der Waals surface area contributed by atoms with E-state index in [0.29, 0.717) is 18.6 Å². The quantitative estimate of drug-likeness (QED) is 0.638. The van der Waals surface area contributed by atoms with E-state index < -0.39 is 17.0 Å². The van der Waals surface area contributed by atoms with Crippen molar-refractivity contribution >= 4 is 5.96 Å². The molecule has 3 fully saturated rings. The molecule has 26 heavy (non-hydrogen) atoms. The van der Waals surface area contributed by atoms with Gasteiger partial charge in [0.15, 0.2) is 5.96 Å². The lowest BCUT2D eigenvalue weighted by Gasteiger charge is -2.32. The van der Waals surface area contributed by atoms with Gasteiger partial charge in [0, 0.05) is 24.6 Å². The number of nitrogens with zero attached hydrogens (tertiary/aromatic N) is 1. The molecule has 4 rings (SSSR count). The van der Waals surface area contributed by atoms with Gasteiger partial charge in [0.25, 0.3) is 0 Å². The predicted octanol–water partition coefficient (Wildman–Crippen LogP) is 3.26. The van der Waals surface area contributed by atoms with Crippen LogP contribution in [0.5, 0.6) is 0 Å². The molecule has 0 spiro atoms. The molecule has 3 aliphatic rings. The van der Waals surface area contributed by atoms with Crippen molar-refractivity contribution in [2.24, 2.45) is 4.99 Å². The van der Waals surface area contributed by atoms with Crippen LogP contribution in [0.2, 0.25) is 0 Å². The summed E-state index contributed by atoms with van der Waals surface area (Å²) in [6.45, 7) is 0.478. The lowest BCUT2D eigenvalue weighted by atomic mass is 9.78. The van der Waals surface area contributed by atoms with Gasteiger partial charge in [-0.3, -0.25) is 4.99 Å². The highest BCUT2D eigenvalue weighted by atomic mass is 19.1. The van der Waals surface area contributed by atoms with Crippen LogP contribution in [0, 0.1) is 11.6 Å². The van der Waals surface area contributed by atoms with E-state index in [2.05, 4.69) is 15.6 Å². The van der Waals surface area contributed by atoms with Crippen LogP contribution in [0.15, 0.2) is 23.2 Å². The topological polar surface area (TPSA) is 45.7 Å². The van der Waals surface area contributed by atoms with Crippen LogP contribution in [0.1, 0.15) is 50.5 Å². The number of nitrogens with one attached hydrogen (secondary N) is 2. The average Bonchev–Trinajstić information content (AvgIpc) is 3.36. The van der Waals surface area contributed by atoms with Gasteiger partial charge < -0.3 is 15.4 Å². The normalized spacial score (nSPS) is 30.0. The first-order valence-corrected chi connectivity index (χ1v) is 9.68. The number of hydrogen-bond acceptors (Lipinski definition) is 2. The van der Waals surface area contributed by atoms with E-state index in [0.717, 1.165) is 44.9 Å². The van der Waals surface area contributed by atoms with E-state index >= 15 is 0 Å². The third kappa shape index (κ3) is 3.20. The lowest BCUT2D eigenvalue weighted by Crippen LogP contribution is -2.50. The molecule has 0 amide bonds. The molecule has 1 aliphatic carbocycles. The first kappa shape index (κ1) is 17.7. The lowest BCUT2D eigenvalue weighted by molar-refractivity contribution is 0.0992. The van der Waals surface area contributed by atoms with Gasteiger partial charge in [-0.2, -0.15) is 0 Å². The summed E-state index contributed by atoms with van der Waals surface area (Å²) in [5.74, 6) is -0.203. The number of ether oxygens (including phenoxy) is 1. The Labute approximate surface area is 153 Å². The van der Waals surface area contributed by atoms with E-state index in [9.17, 15) is 8.78 Å². The Morgan fingerprint density at radius 1 is 1.23 bits per heavy atom. The maximum atomic E-state index is 14.5. The average molecular weight is 363 g/mol. The Hall–Kier alpha value is -1.69. The number of fused-ring (bicyclic) bond motifs is 2. The van der Waals surface area contributed by atoms with E-state index in [1.165, 1.54) is 18.2 Å². The van der Waals surface area contributed by atoms with Crippen LogP contribution in [-0.2, 0) is 10.2 Å².